The Labute approximate surface area is 136 Å². The number of nitrogens with zero attached hydrogens (tertiary/aromatic N) is 3. The van der Waals surface area contributed by atoms with Crippen LogP contribution in [-0.2, 0) is 0 Å². The second-order valence-electron chi connectivity index (χ2n) is 6.13. The van der Waals surface area contributed by atoms with Crippen LogP contribution < -0.4 is 0 Å². The summed E-state index contributed by atoms with van der Waals surface area (Å²) in [5, 5.41) is 0. The lowest BCUT2D eigenvalue weighted by Crippen LogP contribution is -2.45. The Hall–Kier alpha value is -0.810. The molecule has 2 rings (SSSR count). The number of carbonyl (C=O) groups excluding carboxylic acids is 1. The molecule has 1 aromatic heterocycles. The first-order valence-corrected chi connectivity index (χ1v) is 8.60. The van der Waals surface area contributed by atoms with Crippen molar-refractivity contribution in [2.75, 3.05) is 26.7 Å². The van der Waals surface area contributed by atoms with Gasteiger partial charge in [0.1, 0.15) is 5.69 Å². The van der Waals surface area contributed by atoms with Crippen molar-refractivity contribution in [3.63, 3.8) is 0 Å². The minimum atomic E-state index is 0.129. The van der Waals surface area contributed by atoms with Crippen LogP contribution in [-0.4, -0.2) is 53.0 Å². The number of hydrogen-bond donors (Lipinski definition) is 0. The molecule has 0 N–H and O–H groups in total. The van der Waals surface area contributed by atoms with Crippen molar-refractivity contribution in [1.82, 2.24) is 14.4 Å². The van der Waals surface area contributed by atoms with Gasteiger partial charge in [-0.3, -0.25) is 4.79 Å². The Morgan fingerprint density at radius 2 is 2.05 bits per heavy atom. The first kappa shape index (κ1) is 16.6. The Morgan fingerprint density at radius 3 is 2.57 bits per heavy atom. The molecule has 1 aromatic rings. The van der Waals surface area contributed by atoms with Gasteiger partial charge in [-0.15, -0.1) is 0 Å². The topological polar surface area (TPSA) is 28.5 Å². The van der Waals surface area contributed by atoms with E-state index in [-0.39, 0.29) is 11.9 Å². The normalized spacial score (nSPS) is 17.4. The summed E-state index contributed by atoms with van der Waals surface area (Å²) in [6.07, 6.45) is 4.13. The summed E-state index contributed by atoms with van der Waals surface area (Å²) in [5.41, 5.74) is 0.775. The molecule has 118 valence electrons. The summed E-state index contributed by atoms with van der Waals surface area (Å²) in [6, 6.07) is 2.57. The summed E-state index contributed by atoms with van der Waals surface area (Å²) in [7, 11) is 1.94. The number of amides is 1. The van der Waals surface area contributed by atoms with E-state index in [0.717, 1.165) is 42.6 Å². The molecule has 0 bridgehead atoms. The van der Waals surface area contributed by atoms with Gasteiger partial charge in [-0.25, -0.2) is 0 Å². The first-order valence-electron chi connectivity index (χ1n) is 7.81. The molecule has 1 saturated heterocycles. The fourth-order valence-corrected chi connectivity index (χ4v) is 3.45. The molecule has 0 radical (unpaired) electrons. The molecule has 4 nitrogen and oxygen atoms in total. The average molecular weight is 356 g/mol. The zero-order valence-corrected chi connectivity index (χ0v) is 15.1. The number of hydrogen-bond acceptors (Lipinski definition) is 2. The first-order chi connectivity index (χ1) is 9.93. The van der Waals surface area contributed by atoms with Crippen LogP contribution in [0, 0.1) is 0 Å². The molecule has 0 saturated carbocycles. The van der Waals surface area contributed by atoms with E-state index in [9.17, 15) is 4.79 Å². The fraction of sp³-hybridized carbons (Fsp3) is 0.688. The molecule has 0 aromatic carbocycles. The van der Waals surface area contributed by atoms with Gasteiger partial charge < -0.3 is 14.4 Å². The Balaban J connectivity index is 2.09. The molecule has 1 fully saturated rings. The minimum Gasteiger partial charge on any atom is -0.340 e. The lowest BCUT2D eigenvalue weighted by molar-refractivity contribution is 0.0635. The molecule has 21 heavy (non-hydrogen) atoms. The van der Waals surface area contributed by atoms with Gasteiger partial charge in [0.05, 0.1) is 0 Å². The highest BCUT2D eigenvalue weighted by Crippen LogP contribution is 2.23. The predicted molar refractivity (Wildman–Crippen MR) is 89.7 cm³/mol. The quantitative estimate of drug-likeness (QED) is 0.827. The smallest absolute Gasteiger partial charge is 0.270 e. The summed E-state index contributed by atoms with van der Waals surface area (Å²) in [6.45, 7) is 9.68. The van der Waals surface area contributed by atoms with Gasteiger partial charge in [0.25, 0.3) is 5.91 Å². The Morgan fingerprint density at radius 1 is 1.43 bits per heavy atom. The minimum absolute atomic E-state index is 0.129. The van der Waals surface area contributed by atoms with E-state index in [1.54, 1.807) is 0 Å². The van der Waals surface area contributed by atoms with Gasteiger partial charge in [0.15, 0.2) is 0 Å². The lowest BCUT2D eigenvalue weighted by atomic mass is 10.0. The van der Waals surface area contributed by atoms with E-state index in [2.05, 4.69) is 41.6 Å². The van der Waals surface area contributed by atoms with Crippen molar-refractivity contribution in [3.05, 3.63) is 22.4 Å². The maximum atomic E-state index is 12.8. The second-order valence-corrected chi connectivity index (χ2v) is 7.04. The van der Waals surface area contributed by atoms with Gasteiger partial charge in [-0.2, -0.15) is 0 Å². The maximum Gasteiger partial charge on any atom is 0.270 e. The van der Waals surface area contributed by atoms with Crippen molar-refractivity contribution in [2.45, 2.75) is 45.7 Å². The van der Waals surface area contributed by atoms with Crippen molar-refractivity contribution in [2.24, 2.45) is 0 Å². The SMILES string of the molecule is CCN1CCC(N(C)C(=O)c2cc(Br)cn2C(C)C)CC1. The second kappa shape index (κ2) is 6.97. The van der Waals surface area contributed by atoms with E-state index in [4.69, 9.17) is 0 Å². The van der Waals surface area contributed by atoms with Crippen LogP contribution in [0.1, 0.15) is 50.1 Å². The van der Waals surface area contributed by atoms with E-state index in [1.807, 2.05) is 28.8 Å². The zero-order chi connectivity index (χ0) is 15.6. The lowest BCUT2D eigenvalue weighted by Gasteiger charge is -2.36. The third-order valence-electron chi connectivity index (χ3n) is 4.46. The Kier molecular flexibility index (Phi) is 5.49. The summed E-state index contributed by atoms with van der Waals surface area (Å²) < 4.78 is 3.01. The van der Waals surface area contributed by atoms with Crippen molar-refractivity contribution >= 4 is 21.8 Å². The van der Waals surface area contributed by atoms with Crippen LogP contribution in [0.5, 0.6) is 0 Å². The van der Waals surface area contributed by atoms with Crippen LogP contribution in [0.4, 0.5) is 0 Å². The van der Waals surface area contributed by atoms with E-state index in [0.29, 0.717) is 6.04 Å². The monoisotopic (exact) mass is 355 g/mol. The Bertz CT molecular complexity index is 490. The molecule has 0 spiro atoms. The van der Waals surface area contributed by atoms with Gasteiger partial charge in [-0.05, 0) is 55.2 Å². The third kappa shape index (κ3) is 3.69. The van der Waals surface area contributed by atoms with Crippen molar-refractivity contribution in [1.29, 1.82) is 0 Å². The number of piperidine rings is 1. The van der Waals surface area contributed by atoms with Crippen LogP contribution in [0.15, 0.2) is 16.7 Å². The van der Waals surface area contributed by atoms with Crippen molar-refractivity contribution < 1.29 is 4.79 Å². The molecule has 1 aliphatic rings. The van der Waals surface area contributed by atoms with Crippen LogP contribution in [0.25, 0.3) is 0 Å². The largest absolute Gasteiger partial charge is 0.340 e. The molecular weight excluding hydrogens is 330 g/mol. The number of halogens is 1. The van der Waals surface area contributed by atoms with Crippen LogP contribution >= 0.6 is 15.9 Å². The molecule has 5 heteroatoms. The summed E-state index contributed by atoms with van der Waals surface area (Å²) >= 11 is 3.48. The molecule has 0 atom stereocenters. The van der Waals surface area contributed by atoms with Gasteiger partial charge in [-0.1, -0.05) is 6.92 Å². The molecular formula is C16H26BrN3O. The number of aromatic nitrogens is 1. The fourth-order valence-electron chi connectivity index (χ4n) is 3.01. The number of likely N-dealkylation sites (tertiary alicyclic amines) is 1. The summed E-state index contributed by atoms with van der Waals surface area (Å²) in [4.78, 5) is 17.2. The van der Waals surface area contributed by atoms with E-state index < -0.39 is 0 Å². The van der Waals surface area contributed by atoms with Gasteiger partial charge in [0, 0.05) is 42.9 Å². The molecule has 2 heterocycles. The molecule has 0 aliphatic carbocycles. The van der Waals surface area contributed by atoms with Crippen LogP contribution in [0.2, 0.25) is 0 Å². The number of carbonyl (C=O) groups is 1. The summed E-state index contributed by atoms with van der Waals surface area (Å²) in [5.74, 6) is 0.129. The highest BCUT2D eigenvalue weighted by Gasteiger charge is 2.27. The highest BCUT2D eigenvalue weighted by atomic mass is 79.9. The predicted octanol–water partition coefficient (Wildman–Crippen LogP) is 3.39. The average Bonchev–Trinajstić information content (AvgIpc) is 2.88. The third-order valence-corrected chi connectivity index (χ3v) is 4.90. The number of rotatable bonds is 4. The van der Waals surface area contributed by atoms with Crippen molar-refractivity contribution in [3.8, 4) is 0 Å². The highest BCUT2D eigenvalue weighted by molar-refractivity contribution is 9.10. The zero-order valence-electron chi connectivity index (χ0n) is 13.5. The van der Waals surface area contributed by atoms with Gasteiger partial charge in [0.2, 0.25) is 0 Å². The molecule has 0 unspecified atom stereocenters. The van der Waals surface area contributed by atoms with E-state index in [1.165, 1.54) is 0 Å². The van der Waals surface area contributed by atoms with Gasteiger partial charge >= 0.3 is 0 Å². The van der Waals surface area contributed by atoms with Crippen LogP contribution in [0.3, 0.4) is 0 Å². The molecule has 1 aliphatic heterocycles. The molecule has 1 amide bonds. The van der Waals surface area contributed by atoms with E-state index >= 15 is 0 Å². The maximum absolute atomic E-state index is 12.8. The standard InChI is InChI=1S/C16H26BrN3O/c1-5-19-8-6-14(7-9-19)18(4)16(21)15-10-13(17)11-20(15)12(2)3/h10-12,14H,5-9H2,1-4H3.